The first-order valence-corrected chi connectivity index (χ1v) is 12.9. The Morgan fingerprint density at radius 2 is 1.79 bits per heavy atom. The number of fused-ring (bicyclic) bond motifs is 2. The van der Waals surface area contributed by atoms with Crippen LogP contribution < -0.4 is 19.9 Å². The van der Waals surface area contributed by atoms with Crippen molar-refractivity contribution in [1.29, 1.82) is 0 Å². The van der Waals surface area contributed by atoms with E-state index in [1.807, 2.05) is 59.5 Å². The Kier molecular flexibility index (Phi) is 6.44. The minimum Gasteiger partial charge on any atom is -0.493 e. The van der Waals surface area contributed by atoms with Gasteiger partial charge in [0.05, 0.1) is 54.7 Å². The largest absolute Gasteiger partial charge is 0.493 e. The van der Waals surface area contributed by atoms with E-state index in [0.29, 0.717) is 36.8 Å². The number of likely N-dealkylation sites (tertiary alicyclic amines) is 1. The monoisotopic (exact) mass is 527 g/mol. The molecule has 0 unspecified atom stereocenters. The molecule has 3 aromatic carbocycles. The summed E-state index contributed by atoms with van der Waals surface area (Å²) in [6.07, 6.45) is 3.37. The van der Waals surface area contributed by atoms with Crippen LogP contribution >= 0.6 is 0 Å². The standard InChI is InChI=1S/C29H29N5O5/c1-37-26-8-3-18(13-27(26)38-2)14-28(35)33-11-9-20(10-12-33)39-21-5-7-23-25(16-21)34(29(36)32-23)19-4-6-22-24(15-19)31-17-30-22/h3-8,13,15-17,20H,9-12,14H2,1-2H3,(H,30,31)(H,32,36). The number of nitrogens with zero attached hydrogens (tertiary/aromatic N) is 3. The van der Waals surface area contributed by atoms with Crippen molar-refractivity contribution in [2.24, 2.45) is 0 Å². The second kappa shape index (κ2) is 10.2. The zero-order chi connectivity index (χ0) is 26.9. The number of imidazole rings is 2. The number of carbonyl (C=O) groups is 1. The molecule has 0 aliphatic carbocycles. The van der Waals surface area contributed by atoms with Gasteiger partial charge in [0, 0.05) is 32.0 Å². The fraction of sp³-hybridized carbons (Fsp3) is 0.276. The van der Waals surface area contributed by atoms with Crippen molar-refractivity contribution in [2.45, 2.75) is 25.4 Å². The minimum atomic E-state index is -0.220. The summed E-state index contributed by atoms with van der Waals surface area (Å²) in [4.78, 5) is 37.9. The molecule has 10 nitrogen and oxygen atoms in total. The summed E-state index contributed by atoms with van der Waals surface area (Å²) in [5.74, 6) is 2.02. The van der Waals surface area contributed by atoms with E-state index < -0.39 is 0 Å². The van der Waals surface area contributed by atoms with E-state index in [-0.39, 0.29) is 17.7 Å². The first kappa shape index (κ1) is 24.6. The first-order chi connectivity index (χ1) is 19.0. The van der Waals surface area contributed by atoms with Crippen LogP contribution in [0.25, 0.3) is 27.8 Å². The number of aromatic amines is 2. The molecule has 0 atom stereocenters. The van der Waals surface area contributed by atoms with Crippen LogP contribution in [0.4, 0.5) is 0 Å². The molecule has 2 N–H and O–H groups in total. The summed E-state index contributed by atoms with van der Waals surface area (Å²) in [6.45, 7) is 1.25. The van der Waals surface area contributed by atoms with Gasteiger partial charge in [0.25, 0.3) is 0 Å². The molecule has 3 heterocycles. The fourth-order valence-electron chi connectivity index (χ4n) is 5.17. The molecule has 1 fully saturated rings. The van der Waals surface area contributed by atoms with Gasteiger partial charge in [-0.15, -0.1) is 0 Å². The maximum Gasteiger partial charge on any atom is 0.331 e. The molecular formula is C29H29N5O5. The fourth-order valence-corrected chi connectivity index (χ4v) is 5.17. The molecule has 1 aliphatic rings. The van der Waals surface area contributed by atoms with Crippen molar-refractivity contribution >= 4 is 28.0 Å². The second-order valence-electron chi connectivity index (χ2n) is 9.61. The number of carbonyl (C=O) groups excluding carboxylic acids is 1. The number of nitrogens with one attached hydrogen (secondary N) is 2. The summed E-state index contributed by atoms with van der Waals surface area (Å²) < 4.78 is 18.6. The summed E-state index contributed by atoms with van der Waals surface area (Å²) in [5.41, 5.74) is 4.56. The zero-order valence-electron chi connectivity index (χ0n) is 21.8. The third-order valence-electron chi connectivity index (χ3n) is 7.22. The topological polar surface area (TPSA) is 114 Å². The SMILES string of the molecule is COc1ccc(CC(=O)N2CCC(Oc3ccc4[nH]c(=O)n(-c5ccc6nc[nH]c6c5)c4c3)CC2)cc1OC. The normalized spacial score (nSPS) is 14.2. The van der Waals surface area contributed by atoms with Gasteiger partial charge < -0.3 is 29.1 Å². The number of piperidine rings is 1. The average Bonchev–Trinajstić information content (AvgIpc) is 3.56. The predicted molar refractivity (Wildman–Crippen MR) is 147 cm³/mol. The number of aromatic nitrogens is 4. The van der Waals surface area contributed by atoms with Gasteiger partial charge in [0.2, 0.25) is 5.91 Å². The number of rotatable bonds is 7. The number of benzene rings is 3. The van der Waals surface area contributed by atoms with Crippen LogP contribution in [0.15, 0.2) is 65.7 Å². The Bertz CT molecular complexity index is 1710. The molecule has 1 saturated heterocycles. The predicted octanol–water partition coefficient (Wildman–Crippen LogP) is 3.82. The van der Waals surface area contributed by atoms with Crippen LogP contribution in [-0.2, 0) is 11.2 Å². The molecule has 6 rings (SSSR count). The van der Waals surface area contributed by atoms with Gasteiger partial charge in [-0.25, -0.2) is 9.78 Å². The maximum atomic E-state index is 12.9. The molecular weight excluding hydrogens is 498 g/mol. The number of amides is 1. The third kappa shape index (κ3) is 4.81. The highest BCUT2D eigenvalue weighted by Crippen LogP contribution is 2.29. The van der Waals surface area contributed by atoms with Crippen molar-refractivity contribution < 1.29 is 19.0 Å². The van der Waals surface area contributed by atoms with Gasteiger partial charge in [-0.1, -0.05) is 6.07 Å². The molecule has 0 radical (unpaired) electrons. The smallest absolute Gasteiger partial charge is 0.331 e. The van der Waals surface area contributed by atoms with Crippen LogP contribution in [0.3, 0.4) is 0 Å². The van der Waals surface area contributed by atoms with Crippen molar-refractivity contribution in [1.82, 2.24) is 24.4 Å². The molecule has 0 spiro atoms. The Morgan fingerprint density at radius 3 is 2.59 bits per heavy atom. The lowest BCUT2D eigenvalue weighted by Crippen LogP contribution is -2.42. The highest BCUT2D eigenvalue weighted by molar-refractivity contribution is 5.82. The molecule has 0 saturated carbocycles. The quantitative estimate of drug-likeness (QED) is 0.333. The van der Waals surface area contributed by atoms with Crippen LogP contribution in [-0.4, -0.2) is 63.7 Å². The van der Waals surface area contributed by atoms with E-state index in [1.165, 1.54) is 0 Å². The highest BCUT2D eigenvalue weighted by Gasteiger charge is 2.24. The molecule has 5 aromatic rings. The third-order valence-corrected chi connectivity index (χ3v) is 7.22. The highest BCUT2D eigenvalue weighted by atomic mass is 16.5. The summed E-state index contributed by atoms with van der Waals surface area (Å²) in [5, 5.41) is 0. The van der Waals surface area contributed by atoms with Crippen molar-refractivity contribution in [3.05, 3.63) is 77.0 Å². The van der Waals surface area contributed by atoms with Crippen molar-refractivity contribution in [2.75, 3.05) is 27.3 Å². The Hall–Kier alpha value is -4.73. The maximum absolute atomic E-state index is 12.9. The van der Waals surface area contributed by atoms with E-state index in [1.54, 1.807) is 25.1 Å². The van der Waals surface area contributed by atoms with E-state index in [0.717, 1.165) is 46.2 Å². The lowest BCUT2D eigenvalue weighted by Gasteiger charge is -2.32. The van der Waals surface area contributed by atoms with Gasteiger partial charge in [-0.3, -0.25) is 9.36 Å². The molecule has 200 valence electrons. The van der Waals surface area contributed by atoms with E-state index >= 15 is 0 Å². The molecule has 1 aliphatic heterocycles. The average molecular weight is 528 g/mol. The summed E-state index contributed by atoms with van der Waals surface area (Å²) in [7, 11) is 3.17. The Labute approximate surface area is 224 Å². The van der Waals surface area contributed by atoms with E-state index in [4.69, 9.17) is 14.2 Å². The van der Waals surface area contributed by atoms with E-state index in [9.17, 15) is 9.59 Å². The first-order valence-electron chi connectivity index (χ1n) is 12.9. The van der Waals surface area contributed by atoms with Gasteiger partial charge in [0.1, 0.15) is 11.9 Å². The summed E-state index contributed by atoms with van der Waals surface area (Å²) >= 11 is 0. The van der Waals surface area contributed by atoms with Gasteiger partial charge >= 0.3 is 5.69 Å². The Morgan fingerprint density at radius 1 is 0.974 bits per heavy atom. The van der Waals surface area contributed by atoms with Gasteiger partial charge in [0.15, 0.2) is 11.5 Å². The summed E-state index contributed by atoms with van der Waals surface area (Å²) in [6, 6.07) is 16.8. The molecule has 1 amide bonds. The number of ether oxygens (including phenoxy) is 3. The molecule has 0 bridgehead atoms. The van der Waals surface area contributed by atoms with Crippen LogP contribution in [0.1, 0.15) is 18.4 Å². The lowest BCUT2D eigenvalue weighted by atomic mass is 10.1. The second-order valence-corrected chi connectivity index (χ2v) is 9.61. The number of methoxy groups -OCH3 is 2. The van der Waals surface area contributed by atoms with Gasteiger partial charge in [-0.05, 0) is 48.0 Å². The van der Waals surface area contributed by atoms with E-state index in [2.05, 4.69) is 15.0 Å². The van der Waals surface area contributed by atoms with Crippen LogP contribution in [0, 0.1) is 0 Å². The van der Waals surface area contributed by atoms with Crippen LogP contribution in [0.2, 0.25) is 0 Å². The molecule has 10 heteroatoms. The minimum absolute atomic E-state index is 0.0203. The lowest BCUT2D eigenvalue weighted by molar-refractivity contribution is -0.132. The van der Waals surface area contributed by atoms with Crippen molar-refractivity contribution in [3.63, 3.8) is 0 Å². The number of H-pyrrole nitrogens is 2. The number of hydrogen-bond acceptors (Lipinski definition) is 6. The Balaban J connectivity index is 1.12. The molecule has 2 aromatic heterocycles. The van der Waals surface area contributed by atoms with Crippen molar-refractivity contribution in [3.8, 4) is 22.9 Å². The molecule has 39 heavy (non-hydrogen) atoms. The van der Waals surface area contributed by atoms with Gasteiger partial charge in [-0.2, -0.15) is 0 Å². The number of hydrogen-bond donors (Lipinski definition) is 2. The van der Waals surface area contributed by atoms with Crippen LogP contribution in [0.5, 0.6) is 17.2 Å². The zero-order valence-corrected chi connectivity index (χ0v) is 21.8.